The smallest absolute Gasteiger partial charge is 0.233 e. The van der Waals surface area contributed by atoms with Crippen molar-refractivity contribution in [3.63, 3.8) is 0 Å². The Kier molecular flexibility index (Phi) is 7.63. The van der Waals surface area contributed by atoms with Crippen molar-refractivity contribution in [3.8, 4) is 5.69 Å². The minimum Gasteiger partial charge on any atom is -0.335 e. The molecule has 0 spiro atoms. The molecule has 0 unspecified atom stereocenters. The van der Waals surface area contributed by atoms with E-state index in [0.717, 1.165) is 22.6 Å². The first-order valence-electron chi connectivity index (χ1n) is 9.80. The number of aromatic nitrogens is 3. The van der Waals surface area contributed by atoms with Crippen molar-refractivity contribution in [1.82, 2.24) is 19.7 Å². The Balaban J connectivity index is 1.87. The summed E-state index contributed by atoms with van der Waals surface area (Å²) in [6, 6.07) is 18.4. The molecule has 0 saturated heterocycles. The maximum absolute atomic E-state index is 12.6. The summed E-state index contributed by atoms with van der Waals surface area (Å²) in [5, 5.41) is 9.56. The van der Waals surface area contributed by atoms with Gasteiger partial charge in [0, 0.05) is 25.2 Å². The Hall–Kier alpha value is -3.12. The number of benzene rings is 2. The van der Waals surface area contributed by atoms with Crippen LogP contribution in [0.25, 0.3) is 5.69 Å². The maximum Gasteiger partial charge on any atom is 0.233 e. The molecule has 1 amide bonds. The van der Waals surface area contributed by atoms with Crippen LogP contribution in [-0.2, 0) is 11.2 Å². The second-order valence-electron chi connectivity index (χ2n) is 6.90. The fourth-order valence-corrected chi connectivity index (χ4v) is 3.99. The van der Waals surface area contributed by atoms with Gasteiger partial charge in [0.1, 0.15) is 5.82 Å². The van der Waals surface area contributed by atoms with Gasteiger partial charge in [-0.2, -0.15) is 0 Å². The monoisotopic (exact) mass is 418 g/mol. The van der Waals surface area contributed by atoms with Gasteiger partial charge >= 0.3 is 0 Å². The van der Waals surface area contributed by atoms with Crippen molar-refractivity contribution in [1.29, 1.82) is 0 Å². The highest BCUT2D eigenvalue weighted by molar-refractivity contribution is 7.99. The standard InChI is InChI=1S/C24H26N4OS/c1-4-14-27(15-5-2)23(29)18-30-24-26-25-22(17-20-11-7-6-8-12-20)28(24)21-13-9-10-19(3)16-21/h4-13,16H,1-2,14-15,17-18H2,3H3. The summed E-state index contributed by atoms with van der Waals surface area (Å²) < 4.78 is 2.04. The molecular weight excluding hydrogens is 392 g/mol. The van der Waals surface area contributed by atoms with Crippen molar-refractivity contribution >= 4 is 17.7 Å². The Labute approximate surface area is 182 Å². The summed E-state index contributed by atoms with van der Waals surface area (Å²) in [5.74, 6) is 1.13. The lowest BCUT2D eigenvalue weighted by molar-refractivity contribution is -0.127. The zero-order valence-electron chi connectivity index (χ0n) is 17.2. The van der Waals surface area contributed by atoms with Crippen LogP contribution in [0.4, 0.5) is 0 Å². The summed E-state index contributed by atoms with van der Waals surface area (Å²) in [4.78, 5) is 14.4. The SMILES string of the molecule is C=CCN(CC=C)C(=O)CSc1nnc(Cc2ccccc2)n1-c1cccc(C)c1. The number of hydrogen-bond acceptors (Lipinski definition) is 4. The molecular formula is C24H26N4OS. The number of rotatable bonds is 10. The van der Waals surface area contributed by atoms with E-state index in [-0.39, 0.29) is 11.7 Å². The fourth-order valence-electron chi connectivity index (χ4n) is 3.12. The molecule has 1 aromatic heterocycles. The van der Waals surface area contributed by atoms with Gasteiger partial charge in [-0.3, -0.25) is 9.36 Å². The third-order valence-corrected chi connectivity index (χ3v) is 5.46. The zero-order chi connectivity index (χ0) is 21.3. The zero-order valence-corrected chi connectivity index (χ0v) is 18.0. The first kappa shape index (κ1) is 21.6. The van der Waals surface area contributed by atoms with E-state index in [2.05, 4.69) is 54.5 Å². The molecule has 0 fully saturated rings. The van der Waals surface area contributed by atoms with Crippen LogP contribution in [0.15, 0.2) is 85.1 Å². The second kappa shape index (κ2) is 10.6. The molecule has 0 bridgehead atoms. The third-order valence-electron chi connectivity index (χ3n) is 4.54. The van der Waals surface area contributed by atoms with Crippen molar-refractivity contribution in [2.45, 2.75) is 18.5 Å². The predicted octanol–water partition coefficient (Wildman–Crippen LogP) is 4.46. The van der Waals surface area contributed by atoms with Gasteiger partial charge in [0.25, 0.3) is 0 Å². The van der Waals surface area contributed by atoms with Crippen LogP contribution >= 0.6 is 11.8 Å². The van der Waals surface area contributed by atoms with Gasteiger partial charge in [-0.05, 0) is 30.2 Å². The largest absolute Gasteiger partial charge is 0.335 e. The quantitative estimate of drug-likeness (QED) is 0.360. The van der Waals surface area contributed by atoms with E-state index in [4.69, 9.17) is 0 Å². The molecule has 0 radical (unpaired) electrons. The Morgan fingerprint density at radius 2 is 1.80 bits per heavy atom. The molecule has 5 nitrogen and oxygen atoms in total. The minimum atomic E-state index is 0.0169. The maximum atomic E-state index is 12.6. The number of carbonyl (C=O) groups is 1. The van der Waals surface area contributed by atoms with Gasteiger partial charge in [0.15, 0.2) is 5.16 Å². The van der Waals surface area contributed by atoms with Crippen LogP contribution in [0, 0.1) is 6.92 Å². The van der Waals surface area contributed by atoms with E-state index < -0.39 is 0 Å². The highest BCUT2D eigenvalue weighted by Crippen LogP contribution is 2.24. The van der Waals surface area contributed by atoms with Gasteiger partial charge in [0.2, 0.25) is 5.91 Å². The number of aryl methyl sites for hydroxylation is 1. The molecule has 0 N–H and O–H groups in total. The van der Waals surface area contributed by atoms with Crippen LogP contribution < -0.4 is 0 Å². The lowest BCUT2D eigenvalue weighted by atomic mass is 10.1. The average Bonchev–Trinajstić information content (AvgIpc) is 3.15. The van der Waals surface area contributed by atoms with E-state index in [1.807, 2.05) is 34.9 Å². The number of thioether (sulfide) groups is 1. The van der Waals surface area contributed by atoms with Gasteiger partial charge in [-0.1, -0.05) is 66.4 Å². The van der Waals surface area contributed by atoms with Gasteiger partial charge in [-0.15, -0.1) is 23.4 Å². The first-order valence-corrected chi connectivity index (χ1v) is 10.8. The fraction of sp³-hybridized carbons (Fsp3) is 0.208. The van der Waals surface area contributed by atoms with Crippen molar-refractivity contribution in [2.24, 2.45) is 0 Å². The number of hydrogen-bond donors (Lipinski definition) is 0. The lowest BCUT2D eigenvalue weighted by Gasteiger charge is -2.19. The van der Waals surface area contributed by atoms with Crippen LogP contribution in [-0.4, -0.2) is 44.4 Å². The van der Waals surface area contributed by atoms with Crippen LogP contribution in [0.3, 0.4) is 0 Å². The molecule has 3 aromatic rings. The topological polar surface area (TPSA) is 51.0 Å². The molecule has 1 heterocycles. The Morgan fingerprint density at radius 3 is 2.47 bits per heavy atom. The first-order chi connectivity index (χ1) is 14.6. The second-order valence-corrected chi connectivity index (χ2v) is 7.84. The highest BCUT2D eigenvalue weighted by atomic mass is 32.2. The summed E-state index contributed by atoms with van der Waals surface area (Å²) in [6.07, 6.45) is 4.11. The summed E-state index contributed by atoms with van der Waals surface area (Å²) in [6.45, 7) is 10.5. The predicted molar refractivity (Wildman–Crippen MR) is 123 cm³/mol. The Bertz CT molecular complexity index is 1000. The molecule has 154 valence electrons. The van der Waals surface area contributed by atoms with Crippen molar-refractivity contribution in [3.05, 3.63) is 96.9 Å². The van der Waals surface area contributed by atoms with Crippen LogP contribution in [0.2, 0.25) is 0 Å². The minimum absolute atomic E-state index is 0.0169. The molecule has 0 atom stereocenters. The van der Waals surface area contributed by atoms with E-state index in [0.29, 0.717) is 24.7 Å². The van der Waals surface area contributed by atoms with Crippen molar-refractivity contribution < 1.29 is 4.79 Å². The summed E-state index contributed by atoms with van der Waals surface area (Å²) in [7, 11) is 0. The van der Waals surface area contributed by atoms with E-state index >= 15 is 0 Å². The third kappa shape index (κ3) is 5.48. The van der Waals surface area contributed by atoms with Gasteiger partial charge in [0.05, 0.1) is 5.75 Å². The molecule has 2 aromatic carbocycles. The van der Waals surface area contributed by atoms with Crippen molar-refractivity contribution in [2.75, 3.05) is 18.8 Å². The average molecular weight is 419 g/mol. The summed E-state index contributed by atoms with van der Waals surface area (Å²) in [5.41, 5.74) is 3.31. The molecule has 30 heavy (non-hydrogen) atoms. The lowest BCUT2D eigenvalue weighted by Crippen LogP contribution is -2.32. The van der Waals surface area contributed by atoms with Gasteiger partial charge < -0.3 is 4.90 Å². The molecule has 0 aliphatic heterocycles. The highest BCUT2D eigenvalue weighted by Gasteiger charge is 2.18. The van der Waals surface area contributed by atoms with E-state index in [1.165, 1.54) is 11.8 Å². The molecule has 0 saturated carbocycles. The normalized spacial score (nSPS) is 10.6. The molecule has 6 heteroatoms. The van der Waals surface area contributed by atoms with Gasteiger partial charge in [-0.25, -0.2) is 0 Å². The molecule has 0 aliphatic rings. The molecule has 0 aliphatic carbocycles. The number of nitrogens with zero attached hydrogens (tertiary/aromatic N) is 4. The van der Waals surface area contributed by atoms with Crippen LogP contribution in [0.5, 0.6) is 0 Å². The number of amides is 1. The number of carbonyl (C=O) groups excluding carboxylic acids is 1. The Morgan fingerprint density at radius 1 is 1.07 bits per heavy atom. The molecule has 3 rings (SSSR count). The summed E-state index contributed by atoms with van der Waals surface area (Å²) >= 11 is 1.40. The van der Waals surface area contributed by atoms with E-state index in [9.17, 15) is 4.79 Å². The van der Waals surface area contributed by atoms with Crippen LogP contribution in [0.1, 0.15) is 17.0 Å². The van der Waals surface area contributed by atoms with E-state index in [1.54, 1.807) is 17.1 Å².